The normalized spacial score (nSPS) is 10.5. The topological polar surface area (TPSA) is 76.0 Å². The summed E-state index contributed by atoms with van der Waals surface area (Å²) in [6.07, 6.45) is 0. The molecule has 27 heavy (non-hydrogen) atoms. The molecule has 2 N–H and O–H groups in total. The zero-order valence-electron chi connectivity index (χ0n) is 15.6. The molecule has 138 valence electrons. The molecular formula is C21H22N4O2. The van der Waals surface area contributed by atoms with Gasteiger partial charge in [0.2, 0.25) is 5.91 Å². The van der Waals surface area contributed by atoms with Crippen LogP contribution < -0.4 is 10.6 Å². The lowest BCUT2D eigenvalue weighted by atomic mass is 10.1. The minimum atomic E-state index is -0.198. The molecule has 0 spiro atoms. The first-order valence-electron chi connectivity index (χ1n) is 8.71. The molecule has 6 nitrogen and oxygen atoms in total. The first-order valence-corrected chi connectivity index (χ1v) is 8.71. The fourth-order valence-corrected chi connectivity index (χ4v) is 2.97. The predicted molar refractivity (Wildman–Crippen MR) is 106 cm³/mol. The largest absolute Gasteiger partial charge is 0.326 e. The van der Waals surface area contributed by atoms with E-state index in [1.807, 2.05) is 48.9 Å². The van der Waals surface area contributed by atoms with Crippen molar-refractivity contribution in [1.29, 1.82) is 0 Å². The van der Waals surface area contributed by atoms with Gasteiger partial charge >= 0.3 is 0 Å². The Hall–Kier alpha value is -3.41. The van der Waals surface area contributed by atoms with E-state index in [-0.39, 0.29) is 11.8 Å². The van der Waals surface area contributed by atoms with Crippen molar-refractivity contribution in [2.75, 3.05) is 10.6 Å². The Morgan fingerprint density at radius 3 is 2.11 bits per heavy atom. The van der Waals surface area contributed by atoms with Gasteiger partial charge in [0.15, 0.2) is 0 Å². The number of carbonyl (C=O) groups excluding carboxylic acids is 2. The maximum absolute atomic E-state index is 12.8. The van der Waals surface area contributed by atoms with Crippen LogP contribution in [0.25, 0.3) is 0 Å². The molecule has 2 amide bonds. The smallest absolute Gasteiger partial charge is 0.259 e. The summed E-state index contributed by atoms with van der Waals surface area (Å²) >= 11 is 0. The van der Waals surface area contributed by atoms with Crippen molar-refractivity contribution < 1.29 is 9.59 Å². The zero-order valence-corrected chi connectivity index (χ0v) is 15.6. The summed E-state index contributed by atoms with van der Waals surface area (Å²) in [6.45, 7) is 5.81. The van der Waals surface area contributed by atoms with Crippen LogP contribution in [0, 0.1) is 13.8 Å². The van der Waals surface area contributed by atoms with Gasteiger partial charge in [-0.1, -0.05) is 30.3 Å². The molecule has 0 bridgehead atoms. The van der Waals surface area contributed by atoms with Crippen molar-refractivity contribution in [3.8, 4) is 0 Å². The number of hydrogen-bond donors (Lipinski definition) is 2. The van der Waals surface area contributed by atoms with Gasteiger partial charge in [0.05, 0.1) is 17.8 Å². The lowest BCUT2D eigenvalue weighted by Gasteiger charge is -2.08. The number of aryl methyl sites for hydroxylation is 1. The molecule has 3 aromatic rings. The molecule has 0 aliphatic rings. The number of nitrogens with zero attached hydrogens (tertiary/aromatic N) is 2. The number of carbonyl (C=O) groups is 2. The van der Waals surface area contributed by atoms with E-state index in [0.29, 0.717) is 29.2 Å². The Balaban J connectivity index is 1.76. The monoisotopic (exact) mass is 362 g/mol. The van der Waals surface area contributed by atoms with Crippen molar-refractivity contribution in [3.63, 3.8) is 0 Å². The number of nitrogens with one attached hydrogen (secondary N) is 2. The van der Waals surface area contributed by atoms with Crippen molar-refractivity contribution in [2.24, 2.45) is 0 Å². The predicted octanol–water partition coefficient (Wildman–Crippen LogP) is 3.76. The minimum Gasteiger partial charge on any atom is -0.326 e. The Kier molecular flexibility index (Phi) is 5.35. The molecule has 0 unspecified atom stereocenters. The average molecular weight is 362 g/mol. The molecule has 1 aromatic heterocycles. The molecule has 0 atom stereocenters. The zero-order chi connectivity index (χ0) is 19.4. The lowest BCUT2D eigenvalue weighted by Crippen LogP contribution is -2.14. The van der Waals surface area contributed by atoms with E-state index in [1.54, 1.807) is 24.3 Å². The molecule has 0 aliphatic heterocycles. The van der Waals surface area contributed by atoms with Crippen LogP contribution in [0.5, 0.6) is 0 Å². The van der Waals surface area contributed by atoms with E-state index in [2.05, 4.69) is 15.7 Å². The quantitative estimate of drug-likeness (QED) is 0.726. The third kappa shape index (κ3) is 4.41. The van der Waals surface area contributed by atoms with Gasteiger partial charge in [-0.25, -0.2) is 0 Å². The molecule has 1 heterocycles. The van der Waals surface area contributed by atoms with E-state index >= 15 is 0 Å². The molecular weight excluding hydrogens is 340 g/mol. The average Bonchev–Trinajstić information content (AvgIpc) is 2.90. The van der Waals surface area contributed by atoms with Gasteiger partial charge in [0.25, 0.3) is 5.91 Å². The molecule has 0 saturated heterocycles. The molecule has 0 radical (unpaired) electrons. The van der Waals surface area contributed by atoms with E-state index < -0.39 is 0 Å². The van der Waals surface area contributed by atoms with Gasteiger partial charge < -0.3 is 10.6 Å². The summed E-state index contributed by atoms with van der Waals surface area (Å²) < 4.78 is 1.85. The van der Waals surface area contributed by atoms with Crippen LogP contribution in [0.1, 0.15) is 34.2 Å². The van der Waals surface area contributed by atoms with E-state index in [9.17, 15) is 9.59 Å². The fraction of sp³-hybridized carbons (Fsp3) is 0.190. The van der Waals surface area contributed by atoms with Crippen LogP contribution in [0.3, 0.4) is 0 Å². The highest BCUT2D eigenvalue weighted by Crippen LogP contribution is 2.19. The Labute approximate surface area is 158 Å². The van der Waals surface area contributed by atoms with Crippen molar-refractivity contribution in [1.82, 2.24) is 9.78 Å². The second-order valence-corrected chi connectivity index (χ2v) is 6.40. The number of hydrogen-bond acceptors (Lipinski definition) is 3. The highest BCUT2D eigenvalue weighted by Gasteiger charge is 2.19. The maximum Gasteiger partial charge on any atom is 0.259 e. The third-order valence-electron chi connectivity index (χ3n) is 4.25. The number of aromatic nitrogens is 2. The summed E-state index contributed by atoms with van der Waals surface area (Å²) in [7, 11) is 0. The van der Waals surface area contributed by atoms with Crippen molar-refractivity contribution >= 4 is 23.2 Å². The maximum atomic E-state index is 12.8. The summed E-state index contributed by atoms with van der Waals surface area (Å²) in [6, 6.07) is 17.0. The van der Waals surface area contributed by atoms with Crippen LogP contribution >= 0.6 is 0 Å². The van der Waals surface area contributed by atoms with Crippen LogP contribution in [-0.2, 0) is 11.3 Å². The molecule has 2 aromatic carbocycles. The van der Waals surface area contributed by atoms with E-state index in [0.717, 1.165) is 11.3 Å². The number of amides is 2. The van der Waals surface area contributed by atoms with Crippen molar-refractivity contribution in [2.45, 2.75) is 27.3 Å². The Bertz CT molecular complexity index is 960. The first kappa shape index (κ1) is 18.4. The lowest BCUT2D eigenvalue weighted by molar-refractivity contribution is -0.114. The standard InChI is InChI=1S/C21H22N4O2/c1-14-20(15(2)25(24-14)13-17-7-5-4-6-8-17)21(27)23-19-11-9-18(10-12-19)22-16(3)26/h4-12H,13H2,1-3H3,(H,22,26)(H,23,27). The van der Waals surface area contributed by atoms with Crippen LogP contribution in [0.2, 0.25) is 0 Å². The second-order valence-electron chi connectivity index (χ2n) is 6.40. The van der Waals surface area contributed by atoms with Gasteiger partial charge in [0, 0.05) is 24.0 Å². The summed E-state index contributed by atoms with van der Waals surface area (Å²) in [5.41, 5.74) is 4.56. The van der Waals surface area contributed by atoms with Gasteiger partial charge in [-0.15, -0.1) is 0 Å². The second kappa shape index (κ2) is 7.86. The Morgan fingerprint density at radius 2 is 1.52 bits per heavy atom. The molecule has 6 heteroatoms. The van der Waals surface area contributed by atoms with Gasteiger partial charge in [0.1, 0.15) is 0 Å². The summed E-state index contributed by atoms with van der Waals surface area (Å²) in [5, 5.41) is 10.1. The van der Waals surface area contributed by atoms with Crippen LogP contribution in [0.15, 0.2) is 54.6 Å². The highest BCUT2D eigenvalue weighted by molar-refractivity contribution is 6.06. The highest BCUT2D eigenvalue weighted by atomic mass is 16.2. The van der Waals surface area contributed by atoms with Crippen LogP contribution in [0.4, 0.5) is 11.4 Å². The van der Waals surface area contributed by atoms with Gasteiger partial charge in [-0.3, -0.25) is 14.3 Å². The summed E-state index contributed by atoms with van der Waals surface area (Å²) in [5.74, 6) is -0.333. The molecule has 0 saturated carbocycles. The summed E-state index contributed by atoms with van der Waals surface area (Å²) in [4.78, 5) is 23.8. The van der Waals surface area contributed by atoms with E-state index in [4.69, 9.17) is 0 Å². The SMILES string of the molecule is CC(=O)Nc1ccc(NC(=O)c2c(C)nn(Cc3ccccc3)c2C)cc1. The third-order valence-corrected chi connectivity index (χ3v) is 4.25. The molecule has 0 fully saturated rings. The minimum absolute atomic E-state index is 0.135. The van der Waals surface area contributed by atoms with Crippen LogP contribution in [-0.4, -0.2) is 21.6 Å². The molecule has 0 aliphatic carbocycles. The fourth-order valence-electron chi connectivity index (χ4n) is 2.97. The number of benzene rings is 2. The van der Waals surface area contributed by atoms with Gasteiger partial charge in [-0.05, 0) is 43.7 Å². The van der Waals surface area contributed by atoms with Crippen molar-refractivity contribution in [3.05, 3.63) is 77.1 Å². The van der Waals surface area contributed by atoms with Gasteiger partial charge in [-0.2, -0.15) is 5.10 Å². The molecule has 3 rings (SSSR count). The van der Waals surface area contributed by atoms with E-state index in [1.165, 1.54) is 6.92 Å². The Morgan fingerprint density at radius 1 is 0.926 bits per heavy atom. The number of anilines is 2. The first-order chi connectivity index (χ1) is 12.9. The number of rotatable bonds is 5.